The topological polar surface area (TPSA) is 46.2 Å². The highest BCUT2D eigenvalue weighted by molar-refractivity contribution is 7.98. The molecule has 90 valence electrons. The third-order valence-electron chi connectivity index (χ3n) is 1.91. The van der Waals surface area contributed by atoms with E-state index in [1.165, 1.54) is 0 Å². The monoisotopic (exact) mass is 279 g/mol. The fourth-order valence-electron chi connectivity index (χ4n) is 1.13. The van der Waals surface area contributed by atoms with Gasteiger partial charge in [0.2, 0.25) is 10.0 Å². The van der Waals surface area contributed by atoms with Crippen LogP contribution in [0.25, 0.3) is 0 Å². The zero-order valence-corrected chi connectivity index (χ0v) is 11.3. The predicted molar refractivity (Wildman–Crippen MR) is 71.0 cm³/mol. The van der Waals surface area contributed by atoms with Gasteiger partial charge in [0, 0.05) is 16.5 Å². The van der Waals surface area contributed by atoms with Crippen LogP contribution in [0.5, 0.6) is 0 Å². The zero-order valence-electron chi connectivity index (χ0n) is 8.94. The number of benzene rings is 1. The molecule has 6 heteroatoms. The average Bonchev–Trinajstić information content (AvgIpc) is 2.27. The van der Waals surface area contributed by atoms with Crippen molar-refractivity contribution in [2.75, 3.05) is 22.6 Å². The standard InChI is InChI=1S/C10H14ClNO2S2/c1-15-10-5-3-9(4-6-10)12-16(13,14)8-2-7-11/h3-6,12H,2,7-8H2,1H3. The maximum Gasteiger partial charge on any atom is 0.232 e. The second kappa shape index (κ2) is 6.37. The van der Waals surface area contributed by atoms with Gasteiger partial charge in [-0.05, 0) is 36.9 Å². The Morgan fingerprint density at radius 1 is 1.31 bits per heavy atom. The van der Waals surface area contributed by atoms with Crippen molar-refractivity contribution in [2.24, 2.45) is 0 Å². The molecule has 0 unspecified atom stereocenters. The molecular formula is C10H14ClNO2S2. The van der Waals surface area contributed by atoms with Crippen LogP contribution in [0.3, 0.4) is 0 Å². The molecule has 0 spiro atoms. The Balaban J connectivity index is 2.65. The second-order valence-corrected chi connectivity index (χ2v) is 6.29. The van der Waals surface area contributed by atoms with Crippen molar-refractivity contribution in [3.05, 3.63) is 24.3 Å². The van der Waals surface area contributed by atoms with Gasteiger partial charge in [-0.1, -0.05) is 0 Å². The molecule has 0 radical (unpaired) electrons. The first-order valence-corrected chi connectivity index (χ1v) is 8.19. The predicted octanol–water partition coefficient (Wildman–Crippen LogP) is 2.78. The number of halogens is 1. The second-order valence-electron chi connectivity index (χ2n) is 3.19. The molecule has 1 aromatic carbocycles. The van der Waals surface area contributed by atoms with E-state index in [0.29, 0.717) is 18.0 Å². The molecule has 0 saturated heterocycles. The van der Waals surface area contributed by atoms with Crippen LogP contribution in [0, 0.1) is 0 Å². The largest absolute Gasteiger partial charge is 0.284 e. The Hall–Kier alpha value is -0.390. The summed E-state index contributed by atoms with van der Waals surface area (Å²) in [6.07, 6.45) is 2.43. The van der Waals surface area contributed by atoms with Crippen molar-refractivity contribution in [3.63, 3.8) is 0 Å². The maximum absolute atomic E-state index is 11.5. The summed E-state index contributed by atoms with van der Waals surface area (Å²) < 4.78 is 25.6. The van der Waals surface area contributed by atoms with Crippen LogP contribution >= 0.6 is 23.4 Å². The summed E-state index contributed by atoms with van der Waals surface area (Å²) in [6.45, 7) is 0. The lowest BCUT2D eigenvalue weighted by Crippen LogP contribution is -2.16. The van der Waals surface area contributed by atoms with Crippen LogP contribution in [-0.4, -0.2) is 26.3 Å². The van der Waals surface area contributed by atoms with Gasteiger partial charge in [-0.2, -0.15) is 0 Å². The molecule has 0 aliphatic carbocycles. The minimum Gasteiger partial charge on any atom is -0.284 e. The summed E-state index contributed by atoms with van der Waals surface area (Å²) in [5, 5.41) is 0. The van der Waals surface area contributed by atoms with Gasteiger partial charge in [0.1, 0.15) is 0 Å². The summed E-state index contributed by atoms with van der Waals surface area (Å²) in [5.74, 6) is 0.410. The van der Waals surface area contributed by atoms with Crippen LogP contribution in [0.2, 0.25) is 0 Å². The Morgan fingerprint density at radius 3 is 2.44 bits per heavy atom. The minimum atomic E-state index is -3.26. The van der Waals surface area contributed by atoms with E-state index in [4.69, 9.17) is 11.6 Å². The van der Waals surface area contributed by atoms with Crippen LogP contribution in [0.1, 0.15) is 6.42 Å². The van der Waals surface area contributed by atoms with E-state index >= 15 is 0 Å². The van der Waals surface area contributed by atoms with Crippen molar-refractivity contribution in [3.8, 4) is 0 Å². The number of rotatable bonds is 6. The molecule has 0 fully saturated rings. The van der Waals surface area contributed by atoms with E-state index in [-0.39, 0.29) is 5.75 Å². The first-order valence-electron chi connectivity index (χ1n) is 4.78. The maximum atomic E-state index is 11.5. The SMILES string of the molecule is CSc1ccc(NS(=O)(=O)CCCCl)cc1. The third kappa shape index (κ3) is 4.63. The van der Waals surface area contributed by atoms with Gasteiger partial charge < -0.3 is 0 Å². The van der Waals surface area contributed by atoms with Crippen molar-refractivity contribution in [1.82, 2.24) is 0 Å². The number of alkyl halides is 1. The van der Waals surface area contributed by atoms with E-state index in [0.717, 1.165) is 4.90 Å². The van der Waals surface area contributed by atoms with Crippen LogP contribution in [0.4, 0.5) is 5.69 Å². The number of hydrogen-bond donors (Lipinski definition) is 1. The molecular weight excluding hydrogens is 266 g/mol. The Labute approximate surface area is 106 Å². The number of sulfonamides is 1. The zero-order chi connectivity index (χ0) is 12.0. The van der Waals surface area contributed by atoms with Crippen molar-refractivity contribution in [1.29, 1.82) is 0 Å². The lowest BCUT2D eigenvalue weighted by atomic mass is 10.3. The van der Waals surface area contributed by atoms with E-state index in [9.17, 15) is 8.42 Å². The average molecular weight is 280 g/mol. The van der Waals surface area contributed by atoms with Crippen molar-refractivity contribution in [2.45, 2.75) is 11.3 Å². The van der Waals surface area contributed by atoms with Gasteiger partial charge in [0.25, 0.3) is 0 Å². The van der Waals surface area contributed by atoms with Gasteiger partial charge in [-0.15, -0.1) is 23.4 Å². The normalized spacial score (nSPS) is 11.4. The third-order valence-corrected chi connectivity index (χ3v) is 4.29. The summed E-state index contributed by atoms with van der Waals surface area (Å²) >= 11 is 7.07. The van der Waals surface area contributed by atoms with Crippen molar-refractivity contribution >= 4 is 39.1 Å². The van der Waals surface area contributed by atoms with Gasteiger partial charge in [-0.25, -0.2) is 8.42 Å². The van der Waals surface area contributed by atoms with E-state index in [1.54, 1.807) is 23.9 Å². The van der Waals surface area contributed by atoms with E-state index in [1.807, 2.05) is 18.4 Å². The molecule has 1 rings (SSSR count). The first-order chi connectivity index (χ1) is 7.57. The molecule has 0 bridgehead atoms. The summed E-state index contributed by atoms with van der Waals surface area (Å²) in [6, 6.07) is 7.27. The highest BCUT2D eigenvalue weighted by atomic mass is 35.5. The highest BCUT2D eigenvalue weighted by Gasteiger charge is 2.09. The van der Waals surface area contributed by atoms with Crippen LogP contribution in [0.15, 0.2) is 29.2 Å². The first kappa shape index (κ1) is 13.7. The molecule has 0 aliphatic heterocycles. The number of anilines is 1. The molecule has 0 atom stereocenters. The summed E-state index contributed by atoms with van der Waals surface area (Å²) in [5.41, 5.74) is 0.590. The molecule has 0 aliphatic rings. The Morgan fingerprint density at radius 2 is 1.94 bits per heavy atom. The van der Waals surface area contributed by atoms with E-state index < -0.39 is 10.0 Å². The molecule has 0 saturated carbocycles. The molecule has 0 aromatic heterocycles. The molecule has 1 aromatic rings. The molecule has 3 nitrogen and oxygen atoms in total. The van der Waals surface area contributed by atoms with Crippen LogP contribution < -0.4 is 4.72 Å². The lowest BCUT2D eigenvalue weighted by molar-refractivity contribution is 0.600. The van der Waals surface area contributed by atoms with Gasteiger partial charge >= 0.3 is 0 Å². The minimum absolute atomic E-state index is 0.0563. The van der Waals surface area contributed by atoms with Gasteiger partial charge in [0.05, 0.1) is 5.75 Å². The quantitative estimate of drug-likeness (QED) is 0.643. The number of thioether (sulfide) groups is 1. The molecule has 1 N–H and O–H groups in total. The smallest absolute Gasteiger partial charge is 0.232 e. The molecule has 16 heavy (non-hydrogen) atoms. The lowest BCUT2D eigenvalue weighted by Gasteiger charge is -2.07. The summed E-state index contributed by atoms with van der Waals surface area (Å²) in [7, 11) is -3.26. The number of nitrogens with one attached hydrogen (secondary N) is 1. The molecule has 0 heterocycles. The summed E-state index contributed by atoms with van der Waals surface area (Å²) in [4.78, 5) is 1.10. The number of hydrogen-bond acceptors (Lipinski definition) is 3. The van der Waals surface area contributed by atoms with Gasteiger partial charge in [0.15, 0.2) is 0 Å². The highest BCUT2D eigenvalue weighted by Crippen LogP contribution is 2.18. The van der Waals surface area contributed by atoms with Crippen LogP contribution in [-0.2, 0) is 10.0 Å². The molecule has 0 amide bonds. The Kier molecular flexibility index (Phi) is 5.44. The van der Waals surface area contributed by atoms with Crippen molar-refractivity contribution < 1.29 is 8.42 Å². The van der Waals surface area contributed by atoms with Gasteiger partial charge in [-0.3, -0.25) is 4.72 Å². The fourth-order valence-corrected chi connectivity index (χ4v) is 2.96. The Bertz CT molecular complexity index is 417. The fraction of sp³-hybridized carbons (Fsp3) is 0.400. The van der Waals surface area contributed by atoms with E-state index in [2.05, 4.69) is 4.72 Å².